The van der Waals surface area contributed by atoms with Gasteiger partial charge in [0.1, 0.15) is 0 Å². The van der Waals surface area contributed by atoms with E-state index >= 15 is 0 Å². The summed E-state index contributed by atoms with van der Waals surface area (Å²) in [4.78, 5) is 4.92. The molecule has 0 amide bonds. The van der Waals surface area contributed by atoms with Crippen molar-refractivity contribution in [2.45, 2.75) is 19.3 Å². The average molecular weight is 881 g/mol. The van der Waals surface area contributed by atoms with Gasteiger partial charge in [-0.2, -0.15) is 0 Å². The minimum absolute atomic E-state index is 0.151. The van der Waals surface area contributed by atoms with Gasteiger partial charge in [-0.1, -0.05) is 214 Å². The summed E-state index contributed by atoms with van der Waals surface area (Å²) in [6.45, 7) is 4.74. The Kier molecular flexibility index (Phi) is 9.55. The Balaban J connectivity index is 0.993. The summed E-state index contributed by atoms with van der Waals surface area (Å²) in [5.41, 5.74) is 16.8. The molecule has 0 saturated carbocycles. The van der Waals surface area contributed by atoms with Crippen molar-refractivity contribution >= 4 is 77.2 Å². The normalized spacial score (nSPS) is 12.6. The van der Waals surface area contributed by atoms with Crippen LogP contribution >= 0.6 is 0 Å². The van der Waals surface area contributed by atoms with Gasteiger partial charge in [-0.3, -0.25) is 0 Å². The summed E-state index contributed by atoms with van der Waals surface area (Å²) in [7, 11) is 0. The van der Waals surface area contributed by atoms with Crippen LogP contribution < -0.4 is 9.80 Å². The highest BCUT2D eigenvalue weighted by Gasteiger charge is 2.36. The predicted molar refractivity (Wildman–Crippen MR) is 294 cm³/mol. The smallest absolute Gasteiger partial charge is 0.0619 e. The summed E-state index contributed by atoms with van der Waals surface area (Å²) in [6, 6.07) is 93.8. The van der Waals surface area contributed by atoms with Crippen LogP contribution in [0.1, 0.15) is 25.0 Å². The molecule has 1 aliphatic rings. The Hall–Kier alpha value is -8.72. The van der Waals surface area contributed by atoms with Crippen LogP contribution in [0.5, 0.6) is 0 Å². The molecule has 0 N–H and O–H groups in total. The van der Waals surface area contributed by atoms with Crippen LogP contribution in [0.25, 0.3) is 76.5 Å². The number of fused-ring (bicyclic) bond motifs is 7. The number of benzene rings is 12. The maximum atomic E-state index is 2.55. The van der Waals surface area contributed by atoms with Crippen molar-refractivity contribution in [3.8, 4) is 33.4 Å². The second-order valence-electron chi connectivity index (χ2n) is 18.9. The molecule has 2 nitrogen and oxygen atoms in total. The molecule has 326 valence electrons. The molecular weight excluding hydrogens is 833 g/mol. The molecule has 13 rings (SSSR count). The van der Waals surface area contributed by atoms with Crippen LogP contribution in [0.2, 0.25) is 0 Å². The summed E-state index contributed by atoms with van der Waals surface area (Å²) in [5.74, 6) is 0. The lowest BCUT2D eigenvalue weighted by Crippen LogP contribution is -2.17. The van der Waals surface area contributed by atoms with Crippen molar-refractivity contribution in [1.82, 2.24) is 0 Å². The van der Waals surface area contributed by atoms with E-state index in [1.165, 1.54) is 93.3 Å². The van der Waals surface area contributed by atoms with Crippen LogP contribution in [0.4, 0.5) is 34.1 Å². The van der Waals surface area contributed by atoms with Gasteiger partial charge < -0.3 is 9.80 Å². The Morgan fingerprint density at radius 1 is 0.290 bits per heavy atom. The molecule has 0 saturated heterocycles. The zero-order valence-electron chi connectivity index (χ0n) is 38.6. The van der Waals surface area contributed by atoms with Gasteiger partial charge in [-0.05, 0) is 126 Å². The maximum absolute atomic E-state index is 2.55. The van der Waals surface area contributed by atoms with E-state index < -0.39 is 0 Å². The monoisotopic (exact) mass is 880 g/mol. The second-order valence-corrected chi connectivity index (χ2v) is 18.9. The number of hydrogen-bond donors (Lipinski definition) is 0. The van der Waals surface area contributed by atoms with E-state index in [9.17, 15) is 0 Å². The fourth-order valence-electron chi connectivity index (χ4n) is 11.3. The standard InChI is InChI=1S/C67H48N2/c1-67(2)62-29-15-14-24-56(62)57-42-41-54(44-63(57)67)69(64-30-16-22-48-20-8-9-23-55(48)64)66-60-27-12-10-25-58(60)65(59-26-11-13-28-61(59)66)49-34-38-52(39-35-49)68(53-40-33-46-19-6-7-21-50(46)43-53)51-36-31-47(32-37-51)45-17-4-3-5-18-45/h3-44H,1-2H3. The first-order valence-electron chi connectivity index (χ1n) is 24.0. The van der Waals surface area contributed by atoms with Gasteiger partial charge in [-0.15, -0.1) is 0 Å². The Bertz CT molecular complexity index is 3860. The first-order valence-corrected chi connectivity index (χ1v) is 24.0. The summed E-state index contributed by atoms with van der Waals surface area (Å²) in [6.07, 6.45) is 0. The third kappa shape index (κ3) is 6.71. The van der Waals surface area contributed by atoms with E-state index in [-0.39, 0.29) is 5.41 Å². The first-order chi connectivity index (χ1) is 34.0. The van der Waals surface area contributed by atoms with Crippen LogP contribution in [-0.4, -0.2) is 0 Å². The Morgan fingerprint density at radius 2 is 0.783 bits per heavy atom. The minimum atomic E-state index is -0.151. The molecule has 69 heavy (non-hydrogen) atoms. The molecule has 0 heterocycles. The number of anilines is 6. The summed E-state index contributed by atoms with van der Waals surface area (Å²) >= 11 is 0. The molecule has 2 heteroatoms. The van der Waals surface area contributed by atoms with Crippen LogP contribution in [0.3, 0.4) is 0 Å². The highest BCUT2D eigenvalue weighted by Crippen LogP contribution is 2.54. The van der Waals surface area contributed by atoms with Crippen molar-refractivity contribution in [3.63, 3.8) is 0 Å². The average Bonchev–Trinajstić information content (AvgIpc) is 3.64. The van der Waals surface area contributed by atoms with Crippen molar-refractivity contribution in [3.05, 3.63) is 266 Å². The van der Waals surface area contributed by atoms with Gasteiger partial charge in [0.25, 0.3) is 0 Å². The fraction of sp³-hybridized carbons (Fsp3) is 0.0448. The molecule has 1 aliphatic carbocycles. The van der Waals surface area contributed by atoms with E-state index in [4.69, 9.17) is 0 Å². The lowest BCUT2D eigenvalue weighted by atomic mass is 9.82. The molecule has 12 aromatic carbocycles. The summed E-state index contributed by atoms with van der Waals surface area (Å²) < 4.78 is 0. The van der Waals surface area contributed by atoms with Crippen LogP contribution in [0, 0.1) is 0 Å². The lowest BCUT2D eigenvalue weighted by molar-refractivity contribution is 0.660. The highest BCUT2D eigenvalue weighted by molar-refractivity contribution is 6.23. The Labute approximate surface area is 403 Å². The zero-order valence-corrected chi connectivity index (χ0v) is 38.6. The van der Waals surface area contributed by atoms with Gasteiger partial charge in [0, 0.05) is 44.3 Å². The zero-order chi connectivity index (χ0) is 46.1. The van der Waals surface area contributed by atoms with Crippen molar-refractivity contribution < 1.29 is 0 Å². The quantitative estimate of drug-likeness (QED) is 0.140. The molecule has 0 unspecified atom stereocenters. The number of nitrogens with zero attached hydrogens (tertiary/aromatic N) is 2. The third-order valence-electron chi connectivity index (χ3n) is 14.6. The predicted octanol–water partition coefficient (Wildman–Crippen LogP) is 18.9. The van der Waals surface area contributed by atoms with E-state index in [2.05, 4.69) is 278 Å². The molecular formula is C67H48N2. The molecule has 0 fully saturated rings. The molecule has 12 aromatic rings. The van der Waals surface area contributed by atoms with Crippen LogP contribution in [-0.2, 0) is 5.41 Å². The van der Waals surface area contributed by atoms with Crippen molar-refractivity contribution in [2.75, 3.05) is 9.80 Å². The second kappa shape index (κ2) is 16.3. The van der Waals surface area contributed by atoms with Gasteiger partial charge in [0.15, 0.2) is 0 Å². The maximum Gasteiger partial charge on any atom is 0.0619 e. The molecule has 0 atom stereocenters. The molecule has 0 spiro atoms. The molecule has 0 aromatic heterocycles. The molecule has 0 aliphatic heterocycles. The first kappa shape index (κ1) is 40.5. The lowest BCUT2D eigenvalue weighted by Gasteiger charge is -2.32. The van der Waals surface area contributed by atoms with E-state index in [0.29, 0.717) is 0 Å². The molecule has 0 bridgehead atoms. The van der Waals surface area contributed by atoms with Gasteiger partial charge in [0.05, 0.1) is 11.4 Å². The van der Waals surface area contributed by atoms with Crippen molar-refractivity contribution in [1.29, 1.82) is 0 Å². The van der Waals surface area contributed by atoms with Gasteiger partial charge >= 0.3 is 0 Å². The Morgan fingerprint density at radius 3 is 1.49 bits per heavy atom. The number of hydrogen-bond acceptors (Lipinski definition) is 2. The topological polar surface area (TPSA) is 6.48 Å². The van der Waals surface area contributed by atoms with Crippen LogP contribution in [0.15, 0.2) is 255 Å². The van der Waals surface area contributed by atoms with E-state index in [0.717, 1.165) is 28.4 Å². The summed E-state index contributed by atoms with van der Waals surface area (Å²) in [5, 5.41) is 9.67. The SMILES string of the molecule is CC1(C)c2ccccc2-c2ccc(N(c3cccc4ccccc34)c3c4ccccc4c(-c4ccc(N(c5ccc(-c6ccccc6)cc5)c5ccc6ccccc6c5)cc4)c4ccccc34)cc21. The largest absolute Gasteiger partial charge is 0.310 e. The van der Waals surface area contributed by atoms with Gasteiger partial charge in [-0.25, -0.2) is 0 Å². The molecule has 0 radical (unpaired) electrons. The third-order valence-corrected chi connectivity index (χ3v) is 14.6. The highest BCUT2D eigenvalue weighted by atomic mass is 15.2. The fourth-order valence-corrected chi connectivity index (χ4v) is 11.3. The van der Waals surface area contributed by atoms with E-state index in [1.807, 2.05) is 0 Å². The van der Waals surface area contributed by atoms with Gasteiger partial charge in [0.2, 0.25) is 0 Å². The number of rotatable bonds is 8. The van der Waals surface area contributed by atoms with E-state index in [1.54, 1.807) is 0 Å². The van der Waals surface area contributed by atoms with Crippen molar-refractivity contribution in [2.24, 2.45) is 0 Å². The minimum Gasteiger partial charge on any atom is -0.310 e.